The van der Waals surface area contributed by atoms with Crippen LogP contribution in [0.4, 0.5) is 4.79 Å². The van der Waals surface area contributed by atoms with Gasteiger partial charge in [-0.25, -0.2) is 9.59 Å². The monoisotopic (exact) mass is 310 g/mol. The van der Waals surface area contributed by atoms with E-state index in [1.54, 1.807) is 16.2 Å². The average molecular weight is 310 g/mol. The number of thiophene rings is 1. The maximum absolute atomic E-state index is 12.4. The Morgan fingerprint density at radius 1 is 1.48 bits per heavy atom. The standard InChI is InChI=1S/C15H22N2O3S/c1-10(2)7-13(14(18)19)16-15(20)17(12-3-4-12)8-11-5-6-21-9-11/h5-6,9-10,12-13H,3-4,7-8H2,1-2H3,(H,16,20)(H,18,19)/t13-/m0/s1. The number of urea groups is 1. The summed E-state index contributed by atoms with van der Waals surface area (Å²) >= 11 is 1.60. The van der Waals surface area contributed by atoms with Crippen LogP contribution in [0.2, 0.25) is 0 Å². The summed E-state index contributed by atoms with van der Waals surface area (Å²) in [5, 5.41) is 15.9. The number of carboxylic acids is 1. The van der Waals surface area contributed by atoms with E-state index >= 15 is 0 Å². The molecule has 2 amide bonds. The van der Waals surface area contributed by atoms with Crippen molar-refractivity contribution in [3.05, 3.63) is 22.4 Å². The van der Waals surface area contributed by atoms with E-state index in [-0.39, 0.29) is 18.0 Å². The molecule has 1 saturated carbocycles. The maximum atomic E-state index is 12.4. The Morgan fingerprint density at radius 3 is 2.67 bits per heavy atom. The van der Waals surface area contributed by atoms with Gasteiger partial charge in [0.2, 0.25) is 0 Å². The van der Waals surface area contributed by atoms with Gasteiger partial charge in [-0.05, 0) is 47.6 Å². The highest BCUT2D eigenvalue weighted by molar-refractivity contribution is 7.07. The second kappa shape index (κ2) is 6.93. The molecule has 1 aliphatic carbocycles. The molecule has 0 aliphatic heterocycles. The molecule has 6 heteroatoms. The number of carbonyl (C=O) groups is 2. The number of nitrogens with one attached hydrogen (secondary N) is 1. The van der Waals surface area contributed by atoms with Gasteiger partial charge >= 0.3 is 12.0 Å². The number of carbonyl (C=O) groups excluding carboxylic acids is 1. The minimum atomic E-state index is -0.969. The summed E-state index contributed by atoms with van der Waals surface area (Å²) < 4.78 is 0. The molecular formula is C15H22N2O3S. The fourth-order valence-electron chi connectivity index (χ4n) is 2.26. The van der Waals surface area contributed by atoms with Crippen LogP contribution in [0.3, 0.4) is 0 Å². The summed E-state index contributed by atoms with van der Waals surface area (Å²) in [6.07, 6.45) is 2.44. The Hall–Kier alpha value is -1.56. The zero-order valence-electron chi connectivity index (χ0n) is 12.4. The van der Waals surface area contributed by atoms with Crippen molar-refractivity contribution in [3.63, 3.8) is 0 Å². The average Bonchev–Trinajstić information content (AvgIpc) is 3.11. The summed E-state index contributed by atoms with van der Waals surface area (Å²) in [6.45, 7) is 4.45. The highest BCUT2D eigenvalue weighted by Gasteiger charge is 2.34. The van der Waals surface area contributed by atoms with E-state index in [0.717, 1.165) is 18.4 Å². The smallest absolute Gasteiger partial charge is 0.326 e. The van der Waals surface area contributed by atoms with Gasteiger partial charge in [-0.1, -0.05) is 13.8 Å². The summed E-state index contributed by atoms with van der Waals surface area (Å²) in [4.78, 5) is 25.4. The molecule has 1 fully saturated rings. The predicted molar refractivity (Wildman–Crippen MR) is 82.3 cm³/mol. The zero-order valence-corrected chi connectivity index (χ0v) is 13.2. The molecule has 0 radical (unpaired) electrons. The largest absolute Gasteiger partial charge is 0.480 e. The first-order chi connectivity index (χ1) is 9.97. The maximum Gasteiger partial charge on any atom is 0.326 e. The lowest BCUT2D eigenvalue weighted by Gasteiger charge is -2.25. The molecule has 0 bridgehead atoms. The third kappa shape index (κ3) is 4.74. The molecule has 1 aliphatic rings. The Morgan fingerprint density at radius 2 is 2.19 bits per heavy atom. The minimum absolute atomic E-state index is 0.220. The van der Waals surface area contributed by atoms with Crippen LogP contribution in [0.5, 0.6) is 0 Å². The first-order valence-corrected chi connectivity index (χ1v) is 8.22. The fraction of sp³-hybridized carbons (Fsp3) is 0.600. The predicted octanol–water partition coefficient (Wildman–Crippen LogP) is 2.92. The van der Waals surface area contributed by atoms with Gasteiger partial charge in [0, 0.05) is 12.6 Å². The summed E-state index contributed by atoms with van der Waals surface area (Å²) in [5.74, 6) is -0.749. The molecule has 2 N–H and O–H groups in total. The molecule has 2 rings (SSSR count). The minimum Gasteiger partial charge on any atom is -0.480 e. The molecule has 21 heavy (non-hydrogen) atoms. The zero-order chi connectivity index (χ0) is 15.4. The quantitative estimate of drug-likeness (QED) is 0.813. The second-order valence-electron chi connectivity index (χ2n) is 5.96. The molecule has 5 nitrogen and oxygen atoms in total. The first kappa shape index (κ1) is 15.8. The van der Waals surface area contributed by atoms with E-state index in [1.165, 1.54) is 0 Å². The second-order valence-corrected chi connectivity index (χ2v) is 6.74. The number of carboxylic acid groups (broad SMARTS) is 1. The molecular weight excluding hydrogens is 288 g/mol. The Kier molecular flexibility index (Phi) is 5.22. The fourth-order valence-corrected chi connectivity index (χ4v) is 2.92. The molecule has 116 valence electrons. The van der Waals surface area contributed by atoms with Gasteiger partial charge in [0.25, 0.3) is 0 Å². The molecule has 1 aromatic heterocycles. The molecule has 0 aromatic carbocycles. The van der Waals surface area contributed by atoms with E-state index < -0.39 is 12.0 Å². The van der Waals surface area contributed by atoms with Crippen molar-refractivity contribution in [2.75, 3.05) is 0 Å². The van der Waals surface area contributed by atoms with Gasteiger partial charge in [-0.3, -0.25) is 0 Å². The topological polar surface area (TPSA) is 69.6 Å². The Balaban J connectivity index is 1.99. The van der Waals surface area contributed by atoms with Crippen molar-refractivity contribution < 1.29 is 14.7 Å². The van der Waals surface area contributed by atoms with Crippen molar-refractivity contribution in [3.8, 4) is 0 Å². The highest BCUT2D eigenvalue weighted by atomic mass is 32.1. The van der Waals surface area contributed by atoms with Crippen LogP contribution < -0.4 is 5.32 Å². The Labute approximate surface area is 129 Å². The molecule has 1 atom stereocenters. The molecule has 1 aromatic rings. The van der Waals surface area contributed by atoms with Gasteiger partial charge in [-0.15, -0.1) is 0 Å². The first-order valence-electron chi connectivity index (χ1n) is 7.28. The number of rotatable bonds is 7. The van der Waals surface area contributed by atoms with Gasteiger partial charge in [0.05, 0.1) is 0 Å². The van der Waals surface area contributed by atoms with Crippen molar-refractivity contribution >= 4 is 23.3 Å². The van der Waals surface area contributed by atoms with E-state index in [2.05, 4.69) is 5.32 Å². The normalized spacial score (nSPS) is 15.8. The number of aliphatic carboxylic acids is 1. The van der Waals surface area contributed by atoms with Crippen LogP contribution in [-0.4, -0.2) is 34.1 Å². The molecule has 0 spiro atoms. The number of hydrogen-bond donors (Lipinski definition) is 2. The van der Waals surface area contributed by atoms with Crippen LogP contribution in [0.25, 0.3) is 0 Å². The molecule has 0 unspecified atom stereocenters. The van der Waals surface area contributed by atoms with Crippen molar-refractivity contribution in [1.82, 2.24) is 10.2 Å². The number of hydrogen-bond acceptors (Lipinski definition) is 3. The van der Waals surface area contributed by atoms with Gasteiger partial charge in [0.1, 0.15) is 6.04 Å². The van der Waals surface area contributed by atoms with Crippen molar-refractivity contribution in [1.29, 1.82) is 0 Å². The summed E-state index contributed by atoms with van der Waals surface area (Å²) in [6, 6.07) is 1.16. The van der Waals surface area contributed by atoms with Crippen LogP contribution in [0, 0.1) is 5.92 Å². The van der Waals surface area contributed by atoms with E-state index in [9.17, 15) is 14.7 Å². The Bertz CT molecular complexity index is 483. The van der Waals surface area contributed by atoms with Crippen molar-refractivity contribution in [2.45, 2.75) is 51.7 Å². The van der Waals surface area contributed by atoms with Crippen LogP contribution in [-0.2, 0) is 11.3 Å². The summed E-state index contributed by atoms with van der Waals surface area (Å²) in [5.41, 5.74) is 1.10. The van der Waals surface area contributed by atoms with Gasteiger partial charge in [-0.2, -0.15) is 11.3 Å². The highest BCUT2D eigenvalue weighted by Crippen LogP contribution is 2.29. The van der Waals surface area contributed by atoms with Crippen LogP contribution >= 0.6 is 11.3 Å². The van der Waals surface area contributed by atoms with Gasteiger partial charge < -0.3 is 15.3 Å². The number of amides is 2. The van der Waals surface area contributed by atoms with E-state index in [0.29, 0.717) is 13.0 Å². The van der Waals surface area contributed by atoms with E-state index in [4.69, 9.17) is 0 Å². The van der Waals surface area contributed by atoms with Crippen LogP contribution in [0.1, 0.15) is 38.7 Å². The van der Waals surface area contributed by atoms with Gasteiger partial charge in [0.15, 0.2) is 0 Å². The van der Waals surface area contributed by atoms with Crippen molar-refractivity contribution in [2.24, 2.45) is 5.92 Å². The molecule has 1 heterocycles. The third-order valence-electron chi connectivity index (χ3n) is 3.48. The SMILES string of the molecule is CC(C)C[C@H](NC(=O)N(Cc1ccsc1)C1CC1)C(=O)O. The molecule has 0 saturated heterocycles. The lowest BCUT2D eigenvalue weighted by Crippen LogP contribution is -2.48. The third-order valence-corrected chi connectivity index (χ3v) is 4.22. The lowest BCUT2D eigenvalue weighted by atomic mass is 10.0. The number of nitrogens with zero attached hydrogens (tertiary/aromatic N) is 1. The lowest BCUT2D eigenvalue weighted by molar-refractivity contribution is -0.139. The van der Waals surface area contributed by atoms with E-state index in [1.807, 2.05) is 30.7 Å². The van der Waals surface area contributed by atoms with Crippen LogP contribution in [0.15, 0.2) is 16.8 Å². The summed E-state index contributed by atoms with van der Waals surface area (Å²) in [7, 11) is 0.